The lowest BCUT2D eigenvalue weighted by Crippen LogP contribution is -2.48. The maximum absolute atomic E-state index is 9.31. The van der Waals surface area contributed by atoms with Gasteiger partial charge in [0.05, 0.1) is 20.5 Å². The molecule has 1 rings (SSSR count). The lowest BCUT2D eigenvalue weighted by Gasteiger charge is -2.34. The average Bonchev–Trinajstić information content (AvgIpc) is 2.25. The number of ether oxygens (including phenoxy) is 1. The minimum absolute atomic E-state index is 0.251. The van der Waals surface area contributed by atoms with Crippen molar-refractivity contribution in [3.63, 3.8) is 0 Å². The highest BCUT2D eigenvalue weighted by molar-refractivity contribution is 7.48. The normalized spacial score (nSPS) is 36.2. The van der Waals surface area contributed by atoms with Crippen molar-refractivity contribution in [3.05, 3.63) is 0 Å². The summed E-state index contributed by atoms with van der Waals surface area (Å²) in [5, 5.41) is 34.6. The predicted octanol–water partition coefficient (Wildman–Crippen LogP) is -1.92. The second kappa shape index (κ2) is 8.27. The first-order valence-electron chi connectivity index (χ1n) is 4.86. The number of nitrogens with two attached hydrogens (primary N) is 1. The van der Waals surface area contributed by atoms with Crippen molar-refractivity contribution in [2.24, 2.45) is 5.50 Å². The van der Waals surface area contributed by atoms with Crippen LogP contribution in [-0.2, 0) is 4.74 Å². The van der Waals surface area contributed by atoms with E-state index in [2.05, 4.69) is 0 Å². The highest BCUT2D eigenvalue weighted by Gasteiger charge is 2.35. The van der Waals surface area contributed by atoms with Crippen molar-refractivity contribution in [1.29, 1.82) is 0 Å². The van der Waals surface area contributed by atoms with Gasteiger partial charge in [-0.1, -0.05) is 0 Å². The molecule has 1 aliphatic rings. The smallest absolute Gasteiger partial charge is 0.183 e. The third kappa shape index (κ3) is 5.47. The van der Waals surface area contributed by atoms with Crippen molar-refractivity contribution in [3.8, 4) is 0 Å². The van der Waals surface area contributed by atoms with Crippen LogP contribution in [0, 0.1) is 0 Å². The molecule has 1 heterocycles. The van der Waals surface area contributed by atoms with E-state index in [1.165, 1.54) is 0 Å². The van der Waals surface area contributed by atoms with Gasteiger partial charge in [0.2, 0.25) is 0 Å². The fourth-order valence-electron chi connectivity index (χ4n) is 1.39. The monoisotopic (exact) mass is 257 g/mol. The van der Waals surface area contributed by atoms with E-state index in [0.717, 1.165) is 7.11 Å². The van der Waals surface area contributed by atoms with Gasteiger partial charge >= 0.3 is 0 Å². The minimum Gasteiger partial charge on any atom is -0.400 e. The number of hydrogen-bond acceptors (Lipinski definition) is 7. The van der Waals surface area contributed by atoms with Gasteiger partial charge < -0.3 is 30.1 Å². The van der Waals surface area contributed by atoms with Crippen LogP contribution in [0.3, 0.4) is 0 Å². The standard InChI is InChI=1S/C7H16NO5P.CH4O/c8-14(12)2-1-4-3-5(9)6(10)7(11)13-4;1-2/h4-7,9-12H,1-3,8H2;2H,1H3. The van der Waals surface area contributed by atoms with Crippen LogP contribution in [0.2, 0.25) is 0 Å². The fourth-order valence-corrected chi connectivity index (χ4v) is 1.95. The molecule has 7 nitrogen and oxygen atoms in total. The Morgan fingerprint density at radius 1 is 1.31 bits per heavy atom. The van der Waals surface area contributed by atoms with Crippen LogP contribution in [-0.4, -0.2) is 63.2 Å². The first-order chi connectivity index (χ1) is 7.50. The molecule has 1 saturated heterocycles. The zero-order valence-electron chi connectivity index (χ0n) is 9.10. The van der Waals surface area contributed by atoms with Gasteiger partial charge in [0.25, 0.3) is 0 Å². The Labute approximate surface area is 95.4 Å². The summed E-state index contributed by atoms with van der Waals surface area (Å²) in [5.74, 6) is 0. The fraction of sp³-hybridized carbons (Fsp3) is 1.00. The summed E-state index contributed by atoms with van der Waals surface area (Å²) in [4.78, 5) is 8.88. The van der Waals surface area contributed by atoms with Gasteiger partial charge in [-0.3, -0.25) is 5.50 Å². The Morgan fingerprint density at radius 2 is 1.88 bits per heavy atom. The van der Waals surface area contributed by atoms with Gasteiger partial charge in [-0.15, -0.1) is 0 Å². The Morgan fingerprint density at radius 3 is 2.31 bits per heavy atom. The molecule has 1 aliphatic heterocycles. The average molecular weight is 257 g/mol. The molecule has 0 aromatic carbocycles. The maximum atomic E-state index is 9.31. The lowest BCUT2D eigenvalue weighted by atomic mass is 10.0. The van der Waals surface area contributed by atoms with Gasteiger partial charge in [0, 0.05) is 19.7 Å². The Hall–Kier alpha value is 0.150. The summed E-state index contributed by atoms with van der Waals surface area (Å²) in [6.07, 6.45) is -2.82. The van der Waals surface area contributed by atoms with Crippen molar-refractivity contribution < 1.29 is 30.1 Å². The molecule has 0 aliphatic carbocycles. The van der Waals surface area contributed by atoms with Crippen LogP contribution in [0.5, 0.6) is 0 Å². The predicted molar refractivity (Wildman–Crippen MR) is 58.5 cm³/mol. The van der Waals surface area contributed by atoms with E-state index in [1.807, 2.05) is 0 Å². The summed E-state index contributed by atoms with van der Waals surface area (Å²) in [6, 6.07) is 0. The van der Waals surface area contributed by atoms with E-state index in [4.69, 9.17) is 30.5 Å². The van der Waals surface area contributed by atoms with E-state index in [1.54, 1.807) is 0 Å². The van der Waals surface area contributed by atoms with Crippen LogP contribution in [0.25, 0.3) is 0 Å². The highest BCUT2D eigenvalue weighted by Crippen LogP contribution is 2.26. The molecule has 16 heavy (non-hydrogen) atoms. The molecule has 7 N–H and O–H groups in total. The topological polar surface area (TPSA) is 136 Å². The third-order valence-electron chi connectivity index (χ3n) is 2.20. The second-order valence-corrected chi connectivity index (χ2v) is 4.72. The van der Waals surface area contributed by atoms with Gasteiger partial charge in [-0.2, -0.15) is 0 Å². The van der Waals surface area contributed by atoms with E-state index in [9.17, 15) is 5.11 Å². The van der Waals surface area contributed by atoms with Crippen LogP contribution >= 0.6 is 8.30 Å². The van der Waals surface area contributed by atoms with Crippen LogP contribution in [0.15, 0.2) is 0 Å². The van der Waals surface area contributed by atoms with Crippen molar-refractivity contribution in [1.82, 2.24) is 0 Å². The van der Waals surface area contributed by atoms with Crippen molar-refractivity contribution in [2.75, 3.05) is 13.3 Å². The maximum Gasteiger partial charge on any atom is 0.183 e. The molecule has 0 spiro atoms. The summed E-state index contributed by atoms with van der Waals surface area (Å²) < 4.78 is 5.01. The summed E-state index contributed by atoms with van der Waals surface area (Å²) >= 11 is 0. The Kier molecular flexibility index (Phi) is 8.35. The molecule has 0 radical (unpaired) electrons. The van der Waals surface area contributed by atoms with Gasteiger partial charge in [0.15, 0.2) is 6.29 Å². The number of aliphatic hydroxyl groups excluding tert-OH is 4. The van der Waals surface area contributed by atoms with Crippen molar-refractivity contribution >= 4 is 8.30 Å². The zero-order valence-corrected chi connectivity index (χ0v) is 9.99. The molecule has 5 unspecified atom stereocenters. The molecule has 8 heteroatoms. The SMILES string of the molecule is CO.NP(O)CCC1CC(O)C(O)C(O)O1. The lowest BCUT2D eigenvalue weighted by molar-refractivity contribution is -0.246. The Bertz CT molecular complexity index is 172. The largest absolute Gasteiger partial charge is 0.400 e. The molecule has 1 fully saturated rings. The van der Waals surface area contributed by atoms with Crippen LogP contribution in [0.1, 0.15) is 12.8 Å². The molecule has 0 amide bonds. The zero-order chi connectivity index (χ0) is 12.7. The van der Waals surface area contributed by atoms with E-state index >= 15 is 0 Å². The summed E-state index contributed by atoms with van der Waals surface area (Å²) in [6.45, 7) is 0. The number of aliphatic hydroxyl groups is 4. The molecular weight excluding hydrogens is 237 g/mol. The molecule has 0 aromatic heterocycles. The molecule has 0 bridgehead atoms. The van der Waals surface area contributed by atoms with Gasteiger partial charge in [-0.25, -0.2) is 0 Å². The molecule has 0 saturated carbocycles. The van der Waals surface area contributed by atoms with Crippen molar-refractivity contribution in [2.45, 2.75) is 37.4 Å². The quantitative estimate of drug-likeness (QED) is 0.324. The number of rotatable bonds is 3. The minimum atomic E-state index is -1.47. The van der Waals surface area contributed by atoms with E-state index < -0.39 is 26.8 Å². The van der Waals surface area contributed by atoms with Gasteiger partial charge in [-0.05, 0) is 6.42 Å². The summed E-state index contributed by atoms with van der Waals surface area (Å²) in [5.41, 5.74) is 5.20. The number of hydrogen-bond donors (Lipinski definition) is 6. The van der Waals surface area contributed by atoms with Gasteiger partial charge in [0.1, 0.15) is 6.10 Å². The van der Waals surface area contributed by atoms with E-state index in [0.29, 0.717) is 12.6 Å². The Balaban J connectivity index is 0.00000106. The van der Waals surface area contributed by atoms with E-state index in [-0.39, 0.29) is 12.5 Å². The second-order valence-electron chi connectivity index (χ2n) is 3.39. The molecule has 5 atom stereocenters. The third-order valence-corrected chi connectivity index (χ3v) is 2.92. The van der Waals surface area contributed by atoms with Crippen LogP contribution < -0.4 is 5.50 Å². The first kappa shape index (κ1) is 16.1. The molecule has 0 aromatic rings. The first-order valence-corrected chi connectivity index (χ1v) is 6.41. The molecular formula is C8H20NO6P. The highest BCUT2D eigenvalue weighted by atomic mass is 31.2. The van der Waals surface area contributed by atoms with Crippen LogP contribution in [0.4, 0.5) is 0 Å². The summed E-state index contributed by atoms with van der Waals surface area (Å²) in [7, 11) is -0.471. The molecule has 98 valence electrons.